The molecular formula is C10H19NO. The van der Waals surface area contributed by atoms with Crippen molar-refractivity contribution in [2.24, 2.45) is 11.3 Å². The number of rotatable bonds is 1. The van der Waals surface area contributed by atoms with Gasteiger partial charge >= 0.3 is 0 Å². The molecule has 0 aromatic heterocycles. The van der Waals surface area contributed by atoms with Crippen LogP contribution in [-0.2, 0) is 0 Å². The van der Waals surface area contributed by atoms with Crippen LogP contribution in [0.15, 0.2) is 0 Å². The van der Waals surface area contributed by atoms with Gasteiger partial charge in [0.2, 0.25) is 0 Å². The largest absolute Gasteiger partial charge is 0.390 e. The van der Waals surface area contributed by atoms with Crippen molar-refractivity contribution in [3.8, 4) is 0 Å². The monoisotopic (exact) mass is 169 g/mol. The molecule has 0 aromatic rings. The van der Waals surface area contributed by atoms with Crippen molar-refractivity contribution in [2.75, 3.05) is 13.1 Å². The molecule has 12 heavy (non-hydrogen) atoms. The Morgan fingerprint density at radius 2 is 1.92 bits per heavy atom. The van der Waals surface area contributed by atoms with Gasteiger partial charge in [-0.3, -0.25) is 0 Å². The fraction of sp³-hybridized carbons (Fsp3) is 1.00. The fourth-order valence-electron chi connectivity index (χ4n) is 2.74. The zero-order chi connectivity index (χ0) is 8.82. The molecule has 0 radical (unpaired) electrons. The van der Waals surface area contributed by atoms with Gasteiger partial charge in [-0.25, -0.2) is 0 Å². The van der Waals surface area contributed by atoms with Crippen LogP contribution in [0.4, 0.5) is 0 Å². The van der Waals surface area contributed by atoms with Crippen molar-refractivity contribution in [1.29, 1.82) is 0 Å². The molecule has 70 valence electrons. The van der Waals surface area contributed by atoms with E-state index in [1.54, 1.807) is 0 Å². The Bertz CT molecular complexity index is 186. The number of hydrogen-bond acceptors (Lipinski definition) is 2. The van der Waals surface area contributed by atoms with Gasteiger partial charge in [0.05, 0.1) is 5.60 Å². The van der Waals surface area contributed by atoms with Crippen molar-refractivity contribution in [1.82, 2.24) is 5.32 Å². The van der Waals surface area contributed by atoms with Crippen LogP contribution >= 0.6 is 0 Å². The first-order valence-corrected chi connectivity index (χ1v) is 4.99. The van der Waals surface area contributed by atoms with Crippen molar-refractivity contribution in [3.05, 3.63) is 0 Å². The maximum absolute atomic E-state index is 10.2. The maximum atomic E-state index is 10.2. The summed E-state index contributed by atoms with van der Waals surface area (Å²) in [5, 5.41) is 13.5. The summed E-state index contributed by atoms with van der Waals surface area (Å²) in [6.45, 7) is 6.48. The Balaban J connectivity index is 2.17. The number of nitrogens with one attached hydrogen (secondary N) is 1. The van der Waals surface area contributed by atoms with Crippen LogP contribution in [0.25, 0.3) is 0 Å². The van der Waals surface area contributed by atoms with E-state index in [9.17, 15) is 5.11 Å². The summed E-state index contributed by atoms with van der Waals surface area (Å²) in [5.74, 6) is 0.704. The molecule has 1 heterocycles. The molecule has 2 unspecified atom stereocenters. The topological polar surface area (TPSA) is 32.3 Å². The van der Waals surface area contributed by atoms with E-state index in [0.29, 0.717) is 5.92 Å². The molecule has 2 rings (SSSR count). The molecule has 0 amide bonds. The second kappa shape index (κ2) is 2.46. The molecule has 2 N–H and O–H groups in total. The highest BCUT2D eigenvalue weighted by Crippen LogP contribution is 2.51. The number of aliphatic hydroxyl groups is 1. The molecule has 2 atom stereocenters. The minimum atomic E-state index is -0.417. The van der Waals surface area contributed by atoms with Crippen molar-refractivity contribution < 1.29 is 5.11 Å². The molecule has 1 aliphatic carbocycles. The SMILES string of the molecule is CC1(O)CCCC1(C)C1CNC1. The van der Waals surface area contributed by atoms with Crippen LogP contribution in [0, 0.1) is 11.3 Å². The third kappa shape index (κ3) is 0.944. The Morgan fingerprint density at radius 1 is 1.25 bits per heavy atom. The van der Waals surface area contributed by atoms with Gasteiger partial charge in [0.25, 0.3) is 0 Å². The summed E-state index contributed by atoms with van der Waals surface area (Å²) in [6.07, 6.45) is 3.38. The molecule has 1 aliphatic heterocycles. The van der Waals surface area contributed by atoms with E-state index in [2.05, 4.69) is 12.2 Å². The van der Waals surface area contributed by atoms with Crippen molar-refractivity contribution >= 4 is 0 Å². The first-order valence-electron chi connectivity index (χ1n) is 4.99. The van der Waals surface area contributed by atoms with E-state index in [-0.39, 0.29) is 5.41 Å². The fourth-order valence-corrected chi connectivity index (χ4v) is 2.74. The van der Waals surface area contributed by atoms with Gasteiger partial charge in [-0.15, -0.1) is 0 Å². The van der Waals surface area contributed by atoms with Crippen LogP contribution in [0.2, 0.25) is 0 Å². The van der Waals surface area contributed by atoms with E-state index < -0.39 is 5.60 Å². The Morgan fingerprint density at radius 3 is 2.25 bits per heavy atom. The van der Waals surface area contributed by atoms with Gasteiger partial charge in [-0.05, 0) is 45.2 Å². The van der Waals surface area contributed by atoms with E-state index in [1.807, 2.05) is 6.92 Å². The third-order valence-electron chi connectivity index (χ3n) is 4.27. The minimum Gasteiger partial charge on any atom is -0.390 e. The molecule has 2 fully saturated rings. The van der Waals surface area contributed by atoms with Crippen LogP contribution in [0.1, 0.15) is 33.1 Å². The normalized spacial score (nSPS) is 49.2. The maximum Gasteiger partial charge on any atom is 0.0676 e. The predicted molar refractivity (Wildman–Crippen MR) is 48.9 cm³/mol. The van der Waals surface area contributed by atoms with Gasteiger partial charge in [0, 0.05) is 5.41 Å². The van der Waals surface area contributed by atoms with Gasteiger partial charge in [-0.2, -0.15) is 0 Å². The summed E-state index contributed by atoms with van der Waals surface area (Å²) in [6, 6.07) is 0. The van der Waals surface area contributed by atoms with Crippen LogP contribution < -0.4 is 5.32 Å². The molecule has 0 aromatic carbocycles. The Labute approximate surface area is 74.4 Å². The zero-order valence-corrected chi connectivity index (χ0v) is 8.06. The van der Waals surface area contributed by atoms with E-state index in [1.165, 1.54) is 12.8 Å². The summed E-state index contributed by atoms with van der Waals surface area (Å²) in [5.41, 5.74) is -0.238. The molecule has 2 heteroatoms. The molecule has 0 spiro atoms. The summed E-state index contributed by atoms with van der Waals surface area (Å²) in [4.78, 5) is 0. The lowest BCUT2D eigenvalue weighted by Gasteiger charge is -2.48. The van der Waals surface area contributed by atoms with E-state index in [0.717, 1.165) is 19.5 Å². The van der Waals surface area contributed by atoms with Gasteiger partial charge in [-0.1, -0.05) is 6.92 Å². The second-order valence-corrected chi connectivity index (χ2v) is 4.90. The minimum absolute atomic E-state index is 0.179. The predicted octanol–water partition coefficient (Wildman–Crippen LogP) is 1.15. The lowest BCUT2D eigenvalue weighted by Crippen LogP contribution is -2.57. The Hall–Kier alpha value is -0.0800. The average molecular weight is 169 g/mol. The van der Waals surface area contributed by atoms with Gasteiger partial charge in [0.1, 0.15) is 0 Å². The second-order valence-electron chi connectivity index (χ2n) is 4.90. The lowest BCUT2D eigenvalue weighted by molar-refractivity contribution is -0.0807. The highest BCUT2D eigenvalue weighted by molar-refractivity contribution is 5.05. The van der Waals surface area contributed by atoms with Gasteiger partial charge < -0.3 is 10.4 Å². The van der Waals surface area contributed by atoms with E-state index >= 15 is 0 Å². The smallest absolute Gasteiger partial charge is 0.0676 e. The first-order chi connectivity index (χ1) is 5.56. The average Bonchev–Trinajstić information content (AvgIpc) is 2.03. The quantitative estimate of drug-likeness (QED) is 0.617. The van der Waals surface area contributed by atoms with Crippen LogP contribution in [-0.4, -0.2) is 23.8 Å². The highest BCUT2D eigenvalue weighted by atomic mass is 16.3. The highest BCUT2D eigenvalue weighted by Gasteiger charge is 2.53. The van der Waals surface area contributed by atoms with E-state index in [4.69, 9.17) is 0 Å². The van der Waals surface area contributed by atoms with Crippen molar-refractivity contribution in [3.63, 3.8) is 0 Å². The van der Waals surface area contributed by atoms with Crippen LogP contribution in [0.3, 0.4) is 0 Å². The third-order valence-corrected chi connectivity index (χ3v) is 4.27. The number of hydrogen-bond donors (Lipinski definition) is 2. The molecule has 1 saturated heterocycles. The van der Waals surface area contributed by atoms with Gasteiger partial charge in [0.15, 0.2) is 0 Å². The van der Waals surface area contributed by atoms with Crippen LogP contribution in [0.5, 0.6) is 0 Å². The summed E-state index contributed by atoms with van der Waals surface area (Å²) >= 11 is 0. The summed E-state index contributed by atoms with van der Waals surface area (Å²) < 4.78 is 0. The molecule has 2 nitrogen and oxygen atoms in total. The van der Waals surface area contributed by atoms with Crippen molar-refractivity contribution in [2.45, 2.75) is 38.7 Å². The molecule has 0 bridgehead atoms. The first kappa shape index (κ1) is 8.52. The standard InChI is InChI=1S/C10H19NO/c1-9(8-6-11-7-8)4-3-5-10(9,2)12/h8,11-12H,3-7H2,1-2H3. The lowest BCUT2D eigenvalue weighted by atomic mass is 9.65. The zero-order valence-electron chi connectivity index (χ0n) is 8.06. The molecular weight excluding hydrogens is 150 g/mol. The molecule has 2 aliphatic rings. The molecule has 1 saturated carbocycles. The Kier molecular flexibility index (Phi) is 1.74. The summed E-state index contributed by atoms with van der Waals surface area (Å²) in [7, 11) is 0.